The lowest BCUT2D eigenvalue weighted by molar-refractivity contribution is -0.108. The minimum absolute atomic E-state index is 0.116. The summed E-state index contributed by atoms with van der Waals surface area (Å²) >= 11 is 6.46. The van der Waals surface area contributed by atoms with Gasteiger partial charge in [0.1, 0.15) is 30.1 Å². The number of nitrogens with two attached hydrogens (primary N) is 1. The molecule has 1 unspecified atom stereocenters. The lowest BCUT2D eigenvalue weighted by Gasteiger charge is -2.37. The van der Waals surface area contributed by atoms with Gasteiger partial charge in [0.2, 0.25) is 0 Å². The molecule has 0 aliphatic carbocycles. The van der Waals surface area contributed by atoms with E-state index in [0.29, 0.717) is 41.0 Å². The number of rotatable bonds is 11. The van der Waals surface area contributed by atoms with Crippen molar-refractivity contribution >= 4 is 23.6 Å². The molecule has 1 heterocycles. The number of hydrogen-bond acceptors (Lipinski definition) is 6. The molecule has 1 aliphatic rings. The number of carbonyl (C=O) groups is 1. The number of carbonyl (C=O) groups excluding carboxylic acids is 1. The molecule has 33 heavy (non-hydrogen) atoms. The Bertz CT molecular complexity index is 906. The molecule has 2 aromatic rings. The number of ether oxygens (including phenoxy) is 3. The van der Waals surface area contributed by atoms with Crippen molar-refractivity contribution in [1.82, 2.24) is 4.90 Å². The van der Waals surface area contributed by atoms with Crippen LogP contribution < -0.4 is 19.9 Å². The normalized spacial score (nSPS) is 15.8. The summed E-state index contributed by atoms with van der Waals surface area (Å²) in [4.78, 5) is 13.5. The Labute approximate surface area is 201 Å². The molecule has 0 aromatic heterocycles. The Morgan fingerprint density at radius 1 is 1.12 bits per heavy atom. The topological polar surface area (TPSA) is 74.0 Å². The van der Waals surface area contributed by atoms with Gasteiger partial charge in [-0.1, -0.05) is 18.5 Å². The zero-order valence-electron chi connectivity index (χ0n) is 19.8. The fraction of sp³-hybridized carbons (Fsp3) is 0.500. The molecule has 0 saturated carbocycles. The average Bonchev–Trinajstić information content (AvgIpc) is 2.83. The molecule has 180 valence electrons. The van der Waals surface area contributed by atoms with E-state index in [1.807, 2.05) is 30.3 Å². The second-order valence-corrected chi connectivity index (χ2v) is 9.16. The zero-order valence-corrected chi connectivity index (χ0v) is 20.6. The van der Waals surface area contributed by atoms with E-state index in [4.69, 9.17) is 31.5 Å². The van der Waals surface area contributed by atoms with Crippen molar-refractivity contribution in [2.75, 3.05) is 33.0 Å². The van der Waals surface area contributed by atoms with Gasteiger partial charge in [-0.2, -0.15) is 0 Å². The van der Waals surface area contributed by atoms with Gasteiger partial charge < -0.3 is 24.7 Å². The van der Waals surface area contributed by atoms with Crippen LogP contribution in [0.1, 0.15) is 56.2 Å². The monoisotopic (exact) mass is 474 g/mol. The maximum Gasteiger partial charge on any atom is 0.126 e. The number of piperidine rings is 1. The number of likely N-dealkylation sites (tertiary alicyclic amines) is 1. The summed E-state index contributed by atoms with van der Waals surface area (Å²) < 4.78 is 17.1. The van der Waals surface area contributed by atoms with E-state index in [1.165, 1.54) is 0 Å². The van der Waals surface area contributed by atoms with Crippen LogP contribution in [0.2, 0.25) is 5.02 Å². The van der Waals surface area contributed by atoms with Gasteiger partial charge in [-0.25, -0.2) is 0 Å². The third kappa shape index (κ3) is 6.78. The smallest absolute Gasteiger partial charge is 0.126 e. The minimum atomic E-state index is 0.116. The molecule has 6 nitrogen and oxygen atoms in total. The van der Waals surface area contributed by atoms with Crippen LogP contribution in [0.5, 0.6) is 17.2 Å². The first-order chi connectivity index (χ1) is 15.9. The van der Waals surface area contributed by atoms with Crippen molar-refractivity contribution in [3.05, 3.63) is 46.5 Å². The molecular formula is C26H35ClN2O4. The second kappa shape index (κ2) is 12.1. The van der Waals surface area contributed by atoms with E-state index >= 15 is 0 Å². The van der Waals surface area contributed by atoms with E-state index in [2.05, 4.69) is 11.8 Å². The molecule has 2 aromatic carbocycles. The number of unbranched alkanes of at least 4 members (excludes halogenated alkanes) is 1. The highest BCUT2D eigenvalue weighted by Gasteiger charge is 2.27. The Kier molecular flexibility index (Phi) is 9.27. The van der Waals surface area contributed by atoms with Gasteiger partial charge in [-0.15, -0.1) is 0 Å². The molecule has 1 aliphatic heterocycles. The SMILES string of the molecule is COc1cc(COc2cc(N)c(Cl)cc2C(CCCC=O)N2CCC(C)CC2)cc(OC)c1. The molecule has 1 atom stereocenters. The molecule has 0 radical (unpaired) electrons. The van der Waals surface area contributed by atoms with Crippen molar-refractivity contribution < 1.29 is 19.0 Å². The number of benzene rings is 2. The van der Waals surface area contributed by atoms with Crippen LogP contribution in [-0.4, -0.2) is 38.5 Å². The first kappa shape index (κ1) is 25.2. The molecular weight excluding hydrogens is 440 g/mol. The fourth-order valence-electron chi connectivity index (χ4n) is 4.35. The lowest BCUT2D eigenvalue weighted by Crippen LogP contribution is -2.36. The largest absolute Gasteiger partial charge is 0.497 e. The maximum atomic E-state index is 11.0. The molecule has 3 rings (SSSR count). The predicted octanol–water partition coefficient (Wildman–Crippen LogP) is 5.66. The van der Waals surface area contributed by atoms with Crippen LogP contribution in [0, 0.1) is 5.92 Å². The van der Waals surface area contributed by atoms with Gasteiger partial charge in [-0.3, -0.25) is 4.90 Å². The zero-order chi connectivity index (χ0) is 23.8. The summed E-state index contributed by atoms with van der Waals surface area (Å²) in [6, 6.07) is 9.54. The third-order valence-corrected chi connectivity index (χ3v) is 6.68. The van der Waals surface area contributed by atoms with Crippen LogP contribution >= 0.6 is 11.6 Å². The molecule has 0 amide bonds. The standard InChI is InChI=1S/C26H35ClN2O4/c1-18-7-9-29(10-8-18)25(6-4-5-11-30)22-15-23(27)24(28)16-26(22)33-17-19-12-20(31-2)14-21(13-19)32-3/h11-16,18,25H,4-10,17,28H2,1-3H3. The fourth-order valence-corrected chi connectivity index (χ4v) is 4.52. The van der Waals surface area contributed by atoms with Crippen molar-refractivity contribution in [3.63, 3.8) is 0 Å². The Morgan fingerprint density at radius 2 is 1.79 bits per heavy atom. The Balaban J connectivity index is 1.90. The summed E-state index contributed by atoms with van der Waals surface area (Å²) in [5.41, 5.74) is 8.58. The molecule has 2 N–H and O–H groups in total. The van der Waals surface area contributed by atoms with Gasteiger partial charge in [0.15, 0.2) is 0 Å². The molecule has 1 saturated heterocycles. The molecule has 0 spiro atoms. The number of halogens is 1. The number of nitrogen functional groups attached to an aromatic ring is 1. The second-order valence-electron chi connectivity index (χ2n) is 8.75. The Morgan fingerprint density at radius 3 is 2.39 bits per heavy atom. The summed E-state index contributed by atoms with van der Waals surface area (Å²) in [5.74, 6) is 2.86. The number of hydrogen-bond donors (Lipinski definition) is 1. The number of anilines is 1. The molecule has 1 fully saturated rings. The van der Waals surface area contributed by atoms with Gasteiger partial charge in [0.05, 0.1) is 24.9 Å². The maximum absolute atomic E-state index is 11.0. The minimum Gasteiger partial charge on any atom is -0.497 e. The van der Waals surface area contributed by atoms with Crippen molar-refractivity contribution in [2.45, 2.75) is 51.7 Å². The summed E-state index contributed by atoms with van der Waals surface area (Å²) in [6.45, 7) is 4.67. The highest BCUT2D eigenvalue weighted by molar-refractivity contribution is 6.33. The number of methoxy groups -OCH3 is 2. The van der Waals surface area contributed by atoms with Gasteiger partial charge in [0.25, 0.3) is 0 Å². The van der Waals surface area contributed by atoms with Crippen LogP contribution in [0.3, 0.4) is 0 Å². The third-order valence-electron chi connectivity index (χ3n) is 6.35. The highest BCUT2D eigenvalue weighted by Crippen LogP contribution is 2.40. The van der Waals surface area contributed by atoms with E-state index < -0.39 is 0 Å². The van der Waals surface area contributed by atoms with Crippen molar-refractivity contribution in [3.8, 4) is 17.2 Å². The van der Waals surface area contributed by atoms with Crippen LogP contribution in [0.4, 0.5) is 5.69 Å². The van der Waals surface area contributed by atoms with Gasteiger partial charge >= 0.3 is 0 Å². The first-order valence-electron chi connectivity index (χ1n) is 11.6. The van der Waals surface area contributed by atoms with E-state index in [0.717, 1.165) is 62.1 Å². The number of aldehydes is 1. The first-order valence-corrected chi connectivity index (χ1v) is 11.9. The van der Waals surface area contributed by atoms with Crippen LogP contribution in [-0.2, 0) is 11.4 Å². The quantitative estimate of drug-likeness (QED) is 0.257. The van der Waals surface area contributed by atoms with Crippen molar-refractivity contribution in [2.24, 2.45) is 5.92 Å². The predicted molar refractivity (Wildman–Crippen MR) is 132 cm³/mol. The number of nitrogens with zero attached hydrogens (tertiary/aromatic N) is 1. The average molecular weight is 475 g/mol. The van der Waals surface area contributed by atoms with Gasteiger partial charge in [0, 0.05) is 30.2 Å². The van der Waals surface area contributed by atoms with E-state index in [-0.39, 0.29) is 6.04 Å². The Hall–Kier alpha value is -2.44. The van der Waals surface area contributed by atoms with E-state index in [1.54, 1.807) is 14.2 Å². The highest BCUT2D eigenvalue weighted by atomic mass is 35.5. The summed E-state index contributed by atoms with van der Waals surface area (Å²) in [7, 11) is 3.25. The van der Waals surface area contributed by atoms with Crippen molar-refractivity contribution in [1.29, 1.82) is 0 Å². The van der Waals surface area contributed by atoms with Crippen LogP contribution in [0.15, 0.2) is 30.3 Å². The molecule has 7 heteroatoms. The summed E-state index contributed by atoms with van der Waals surface area (Å²) in [5, 5.41) is 0.520. The van der Waals surface area contributed by atoms with Crippen LogP contribution in [0.25, 0.3) is 0 Å². The lowest BCUT2D eigenvalue weighted by atomic mass is 9.92. The van der Waals surface area contributed by atoms with E-state index in [9.17, 15) is 4.79 Å². The van der Waals surface area contributed by atoms with Gasteiger partial charge in [-0.05, 0) is 68.5 Å². The summed E-state index contributed by atoms with van der Waals surface area (Å²) in [6.07, 6.45) is 5.52. The molecule has 0 bridgehead atoms.